The molecule has 0 unspecified atom stereocenters. The molecule has 35 heavy (non-hydrogen) atoms. The van der Waals surface area contributed by atoms with E-state index in [1.807, 2.05) is 24.3 Å². The Bertz CT molecular complexity index is 1480. The first kappa shape index (κ1) is 23.6. The van der Waals surface area contributed by atoms with Crippen LogP contribution in [0.15, 0.2) is 61.9 Å². The molecule has 1 atom stereocenters. The molecular formula is C25H24ClN3O5S. The fourth-order valence-corrected chi connectivity index (χ4v) is 5.55. The molecule has 5 rings (SSSR count). The molecule has 2 aromatic heterocycles. The monoisotopic (exact) mass is 513 g/mol. The molecule has 0 amide bonds. The van der Waals surface area contributed by atoms with E-state index in [1.165, 1.54) is 15.9 Å². The molecule has 2 aliphatic heterocycles. The standard InChI is InChI=1S/C25H24ClN3O5S/c1-3-33-24(31)21-15(2)27-25-29(22(21)17-6-4-5-7-18(17)26)23(30)19(35-25)14-16-8-9-20(34-16)28-10-12-32-13-11-28/h4-9,14,22H,3,10-13H2,1-2H3/b19-14-/t22-/m1/s1. The molecule has 1 fully saturated rings. The van der Waals surface area contributed by atoms with E-state index in [2.05, 4.69) is 9.89 Å². The molecule has 8 nitrogen and oxygen atoms in total. The number of anilines is 1. The zero-order chi connectivity index (χ0) is 24.5. The average Bonchev–Trinajstić information content (AvgIpc) is 3.44. The van der Waals surface area contributed by atoms with E-state index >= 15 is 0 Å². The van der Waals surface area contributed by atoms with Crippen molar-refractivity contribution in [1.29, 1.82) is 0 Å². The smallest absolute Gasteiger partial charge is 0.338 e. The number of thiazole rings is 1. The van der Waals surface area contributed by atoms with Crippen molar-refractivity contribution in [2.45, 2.75) is 19.9 Å². The molecule has 0 N–H and O–H groups in total. The van der Waals surface area contributed by atoms with Gasteiger partial charge in [0.1, 0.15) is 11.8 Å². The lowest BCUT2D eigenvalue weighted by molar-refractivity contribution is -0.139. The summed E-state index contributed by atoms with van der Waals surface area (Å²) in [7, 11) is 0. The van der Waals surface area contributed by atoms with Gasteiger partial charge in [-0.15, -0.1) is 0 Å². The summed E-state index contributed by atoms with van der Waals surface area (Å²) in [6.07, 6.45) is 1.71. The number of rotatable bonds is 5. The Morgan fingerprint density at radius 1 is 1.26 bits per heavy atom. The molecule has 0 saturated carbocycles. The molecule has 10 heteroatoms. The molecule has 1 aromatic carbocycles. The predicted octanol–water partition coefficient (Wildman–Crippen LogP) is 2.88. The Labute approximate surface area is 210 Å². The van der Waals surface area contributed by atoms with Crippen LogP contribution in [0.1, 0.15) is 31.2 Å². The highest BCUT2D eigenvalue weighted by molar-refractivity contribution is 7.07. The highest BCUT2D eigenvalue weighted by Crippen LogP contribution is 2.34. The van der Waals surface area contributed by atoms with E-state index in [-0.39, 0.29) is 12.2 Å². The Kier molecular flexibility index (Phi) is 6.64. The minimum Gasteiger partial charge on any atom is -0.463 e. The number of hydrogen-bond donors (Lipinski definition) is 0. The second-order valence-corrected chi connectivity index (χ2v) is 9.52. The zero-order valence-electron chi connectivity index (χ0n) is 19.3. The second kappa shape index (κ2) is 9.85. The Morgan fingerprint density at radius 3 is 2.77 bits per heavy atom. The molecule has 4 heterocycles. The van der Waals surface area contributed by atoms with Crippen molar-refractivity contribution in [3.05, 3.63) is 83.7 Å². The van der Waals surface area contributed by atoms with E-state index in [1.54, 1.807) is 32.1 Å². The van der Waals surface area contributed by atoms with Gasteiger partial charge in [-0.1, -0.05) is 41.1 Å². The van der Waals surface area contributed by atoms with Gasteiger partial charge in [0.15, 0.2) is 10.7 Å². The molecule has 3 aromatic rings. The van der Waals surface area contributed by atoms with E-state index < -0.39 is 12.0 Å². The maximum absolute atomic E-state index is 13.6. The molecule has 0 aliphatic carbocycles. The first-order chi connectivity index (χ1) is 17.0. The van der Waals surface area contributed by atoms with Gasteiger partial charge in [-0.3, -0.25) is 9.36 Å². The predicted molar refractivity (Wildman–Crippen MR) is 134 cm³/mol. The Morgan fingerprint density at radius 2 is 2.03 bits per heavy atom. The zero-order valence-corrected chi connectivity index (χ0v) is 20.9. The summed E-state index contributed by atoms with van der Waals surface area (Å²) in [6.45, 7) is 6.50. The van der Waals surface area contributed by atoms with Crippen molar-refractivity contribution in [2.24, 2.45) is 4.99 Å². The topological polar surface area (TPSA) is 86.3 Å². The number of fused-ring (bicyclic) bond motifs is 1. The van der Waals surface area contributed by atoms with Gasteiger partial charge in [-0.25, -0.2) is 9.79 Å². The summed E-state index contributed by atoms with van der Waals surface area (Å²) in [6, 6.07) is 10.2. The SMILES string of the molecule is CCOC(=O)C1=C(C)N=c2s/c(=C\c3ccc(N4CCOCC4)o3)c(=O)n2[C@@H]1c1ccccc1Cl. The third-order valence-corrected chi connectivity index (χ3v) is 7.25. The number of allylic oxidation sites excluding steroid dienone is 1. The maximum Gasteiger partial charge on any atom is 0.338 e. The molecule has 0 spiro atoms. The number of nitrogens with zero attached hydrogens (tertiary/aromatic N) is 3. The number of esters is 1. The third-order valence-electron chi connectivity index (χ3n) is 5.93. The molecule has 0 bridgehead atoms. The van der Waals surface area contributed by atoms with Gasteiger partial charge in [-0.2, -0.15) is 0 Å². The van der Waals surface area contributed by atoms with Crippen molar-refractivity contribution in [2.75, 3.05) is 37.8 Å². The number of furan rings is 1. The van der Waals surface area contributed by atoms with Gasteiger partial charge >= 0.3 is 5.97 Å². The average molecular weight is 514 g/mol. The number of morpholine rings is 1. The van der Waals surface area contributed by atoms with Crippen LogP contribution in [0.5, 0.6) is 0 Å². The first-order valence-electron chi connectivity index (χ1n) is 11.3. The summed E-state index contributed by atoms with van der Waals surface area (Å²) < 4.78 is 18.7. The van der Waals surface area contributed by atoms with Crippen molar-refractivity contribution in [1.82, 2.24) is 4.57 Å². The van der Waals surface area contributed by atoms with Gasteiger partial charge in [0.25, 0.3) is 5.56 Å². The largest absolute Gasteiger partial charge is 0.463 e. The summed E-state index contributed by atoms with van der Waals surface area (Å²) in [4.78, 5) is 33.8. The molecular weight excluding hydrogens is 490 g/mol. The number of ether oxygens (including phenoxy) is 2. The van der Waals surface area contributed by atoms with E-state index in [0.29, 0.717) is 50.2 Å². The van der Waals surface area contributed by atoms with Crippen molar-refractivity contribution in [3.63, 3.8) is 0 Å². The molecule has 2 aliphatic rings. The van der Waals surface area contributed by atoms with Crippen molar-refractivity contribution < 1.29 is 18.7 Å². The summed E-state index contributed by atoms with van der Waals surface area (Å²) in [5, 5.41) is 0.449. The van der Waals surface area contributed by atoms with Gasteiger partial charge in [0.05, 0.1) is 35.6 Å². The highest BCUT2D eigenvalue weighted by atomic mass is 35.5. The number of carbonyl (C=O) groups excluding carboxylic acids is 1. The van der Waals surface area contributed by atoms with E-state index in [9.17, 15) is 9.59 Å². The quantitative estimate of drug-likeness (QED) is 0.488. The van der Waals surface area contributed by atoms with E-state index in [0.717, 1.165) is 19.0 Å². The van der Waals surface area contributed by atoms with Gasteiger partial charge in [-0.05, 0) is 31.5 Å². The lowest BCUT2D eigenvalue weighted by Crippen LogP contribution is -2.40. The van der Waals surface area contributed by atoms with Crippen LogP contribution in [0.25, 0.3) is 6.08 Å². The van der Waals surface area contributed by atoms with Crippen LogP contribution < -0.4 is 19.8 Å². The van der Waals surface area contributed by atoms with Crippen LogP contribution in [0.3, 0.4) is 0 Å². The third kappa shape index (κ3) is 4.47. The lowest BCUT2D eigenvalue weighted by Gasteiger charge is -2.26. The molecule has 0 radical (unpaired) electrons. The summed E-state index contributed by atoms with van der Waals surface area (Å²) in [5.41, 5.74) is 1.14. The van der Waals surface area contributed by atoms with Gasteiger partial charge < -0.3 is 18.8 Å². The summed E-state index contributed by atoms with van der Waals surface area (Å²) >= 11 is 7.77. The minimum atomic E-state index is -0.748. The lowest BCUT2D eigenvalue weighted by atomic mass is 9.96. The molecule has 182 valence electrons. The van der Waals surface area contributed by atoms with Crippen LogP contribution in [-0.2, 0) is 14.3 Å². The number of halogens is 1. The minimum absolute atomic E-state index is 0.208. The van der Waals surface area contributed by atoms with Crippen LogP contribution in [-0.4, -0.2) is 43.4 Å². The number of carbonyl (C=O) groups is 1. The van der Waals surface area contributed by atoms with Crippen LogP contribution in [0, 0.1) is 0 Å². The Balaban J connectivity index is 1.62. The second-order valence-electron chi connectivity index (χ2n) is 8.10. The molecule has 1 saturated heterocycles. The van der Waals surface area contributed by atoms with Crippen molar-refractivity contribution >= 4 is 40.9 Å². The van der Waals surface area contributed by atoms with Gasteiger partial charge in [0, 0.05) is 30.3 Å². The van der Waals surface area contributed by atoms with Gasteiger partial charge in [0.2, 0.25) is 0 Å². The highest BCUT2D eigenvalue weighted by Gasteiger charge is 2.34. The fraction of sp³-hybridized carbons (Fsp3) is 0.320. The number of aromatic nitrogens is 1. The van der Waals surface area contributed by atoms with Crippen LogP contribution >= 0.6 is 22.9 Å². The normalized spacial score (nSPS) is 18.4. The first-order valence-corrected chi connectivity index (χ1v) is 12.5. The van der Waals surface area contributed by atoms with Crippen molar-refractivity contribution in [3.8, 4) is 0 Å². The number of benzene rings is 1. The van der Waals surface area contributed by atoms with E-state index in [4.69, 9.17) is 25.5 Å². The number of hydrogen-bond acceptors (Lipinski definition) is 8. The maximum atomic E-state index is 13.6. The fourth-order valence-electron chi connectivity index (χ4n) is 4.29. The summed E-state index contributed by atoms with van der Waals surface area (Å²) in [5.74, 6) is 0.781. The van der Waals surface area contributed by atoms with Crippen LogP contribution in [0.2, 0.25) is 5.02 Å². The van der Waals surface area contributed by atoms with Crippen LogP contribution in [0.4, 0.5) is 5.88 Å². The Hall–Kier alpha value is -3.14.